The van der Waals surface area contributed by atoms with Gasteiger partial charge in [0.25, 0.3) is 5.69 Å². The number of benzene rings is 2. The Bertz CT molecular complexity index is 1380. The zero-order valence-electron chi connectivity index (χ0n) is 15.4. The Morgan fingerprint density at radius 1 is 1.17 bits per heavy atom. The van der Waals surface area contributed by atoms with Crippen LogP contribution in [-0.4, -0.2) is 36.6 Å². The molecule has 0 radical (unpaired) electrons. The number of nitrogens with zero attached hydrogens (tertiary/aromatic N) is 5. The van der Waals surface area contributed by atoms with Gasteiger partial charge in [0.1, 0.15) is 22.1 Å². The van der Waals surface area contributed by atoms with Crippen LogP contribution in [0.5, 0.6) is 5.75 Å². The van der Waals surface area contributed by atoms with E-state index >= 15 is 0 Å². The molecule has 1 N–H and O–H groups in total. The van der Waals surface area contributed by atoms with Crippen LogP contribution in [0.4, 0.5) is 5.69 Å². The number of hydrogen-bond donors (Lipinski definition) is 1. The van der Waals surface area contributed by atoms with Gasteiger partial charge in [0.2, 0.25) is 4.96 Å². The highest BCUT2D eigenvalue weighted by Crippen LogP contribution is 2.34. The fourth-order valence-corrected chi connectivity index (χ4v) is 3.97. The predicted molar refractivity (Wildman–Crippen MR) is 109 cm³/mol. The second kappa shape index (κ2) is 6.38. The van der Waals surface area contributed by atoms with Crippen molar-refractivity contribution in [2.75, 3.05) is 7.11 Å². The molecule has 0 atom stereocenters. The molecule has 0 amide bonds. The van der Waals surface area contributed by atoms with Crippen molar-refractivity contribution in [3.8, 4) is 28.5 Å². The Morgan fingerprint density at radius 2 is 1.97 bits per heavy atom. The number of aryl methyl sites for hydroxylation is 1. The molecule has 0 aliphatic heterocycles. The van der Waals surface area contributed by atoms with Crippen molar-refractivity contribution < 1.29 is 9.66 Å². The lowest BCUT2D eigenvalue weighted by Gasteiger charge is -2.03. The third-order valence-corrected chi connectivity index (χ3v) is 5.39. The van der Waals surface area contributed by atoms with Crippen molar-refractivity contribution in [2.45, 2.75) is 6.92 Å². The van der Waals surface area contributed by atoms with Crippen molar-refractivity contribution in [1.29, 1.82) is 0 Å². The van der Waals surface area contributed by atoms with E-state index in [0.717, 1.165) is 27.0 Å². The lowest BCUT2D eigenvalue weighted by atomic mass is 10.1. The Labute approximate surface area is 167 Å². The number of methoxy groups -OCH3 is 1. The summed E-state index contributed by atoms with van der Waals surface area (Å²) in [6.07, 6.45) is 0. The zero-order chi connectivity index (χ0) is 20.1. The summed E-state index contributed by atoms with van der Waals surface area (Å²) in [6.45, 7) is 1.91. The maximum Gasteiger partial charge on any atom is 0.271 e. The van der Waals surface area contributed by atoms with Crippen LogP contribution in [0.1, 0.15) is 5.01 Å². The minimum Gasteiger partial charge on any atom is -0.497 e. The van der Waals surface area contributed by atoms with Gasteiger partial charge in [-0.1, -0.05) is 11.3 Å². The molecule has 144 valence electrons. The van der Waals surface area contributed by atoms with Gasteiger partial charge in [-0.3, -0.25) is 10.1 Å². The van der Waals surface area contributed by atoms with Gasteiger partial charge < -0.3 is 9.72 Å². The minimum atomic E-state index is -0.427. The largest absolute Gasteiger partial charge is 0.497 e. The molecule has 0 bridgehead atoms. The molecule has 5 aromatic rings. The molecule has 0 saturated heterocycles. The molecular formula is C19H14N6O3S. The minimum absolute atomic E-state index is 0.00557. The lowest BCUT2D eigenvalue weighted by molar-refractivity contribution is -0.384. The van der Waals surface area contributed by atoms with Gasteiger partial charge in [0.15, 0.2) is 5.82 Å². The molecule has 9 nitrogen and oxygen atoms in total. The van der Waals surface area contributed by atoms with E-state index in [9.17, 15) is 10.1 Å². The molecule has 0 fully saturated rings. The number of aromatic nitrogens is 5. The van der Waals surface area contributed by atoms with Crippen molar-refractivity contribution in [1.82, 2.24) is 24.6 Å². The molecule has 29 heavy (non-hydrogen) atoms. The fraction of sp³-hybridized carbons (Fsp3) is 0.105. The van der Waals surface area contributed by atoms with Crippen LogP contribution in [0, 0.1) is 17.0 Å². The van der Waals surface area contributed by atoms with Gasteiger partial charge >= 0.3 is 0 Å². The van der Waals surface area contributed by atoms with Crippen LogP contribution in [-0.2, 0) is 0 Å². The number of hydrogen-bond acceptors (Lipinski definition) is 7. The number of non-ortho nitro benzene ring substituents is 1. The average molecular weight is 406 g/mol. The highest BCUT2D eigenvalue weighted by Gasteiger charge is 2.22. The van der Waals surface area contributed by atoms with Crippen molar-refractivity contribution >= 4 is 33.0 Å². The molecule has 0 spiro atoms. The van der Waals surface area contributed by atoms with Gasteiger partial charge in [0.05, 0.1) is 23.1 Å². The highest BCUT2D eigenvalue weighted by molar-refractivity contribution is 7.16. The van der Waals surface area contributed by atoms with Gasteiger partial charge in [0, 0.05) is 17.7 Å². The molecule has 5 rings (SSSR count). The smallest absolute Gasteiger partial charge is 0.271 e. The van der Waals surface area contributed by atoms with Crippen LogP contribution in [0.15, 0.2) is 42.5 Å². The summed E-state index contributed by atoms with van der Waals surface area (Å²) in [5, 5.41) is 16.5. The van der Waals surface area contributed by atoms with Crippen LogP contribution < -0.4 is 4.74 Å². The number of rotatable bonds is 4. The first-order valence-electron chi connectivity index (χ1n) is 8.68. The van der Waals surface area contributed by atoms with E-state index in [-0.39, 0.29) is 5.69 Å². The van der Waals surface area contributed by atoms with Crippen molar-refractivity contribution in [3.63, 3.8) is 0 Å². The molecule has 10 heteroatoms. The summed E-state index contributed by atoms with van der Waals surface area (Å²) >= 11 is 1.48. The molecular weight excluding hydrogens is 392 g/mol. The Hall–Kier alpha value is -3.79. The maximum absolute atomic E-state index is 11.1. The van der Waals surface area contributed by atoms with Crippen LogP contribution in [0.25, 0.3) is 38.8 Å². The van der Waals surface area contributed by atoms with E-state index in [1.165, 1.54) is 23.5 Å². The molecule has 0 unspecified atom stereocenters. The number of imidazole rings is 2. The number of ether oxygens (including phenoxy) is 1. The summed E-state index contributed by atoms with van der Waals surface area (Å²) < 4.78 is 7.00. The monoisotopic (exact) mass is 406 g/mol. The number of H-pyrrole nitrogens is 1. The van der Waals surface area contributed by atoms with E-state index in [1.807, 2.05) is 31.2 Å². The quantitative estimate of drug-likeness (QED) is 0.353. The van der Waals surface area contributed by atoms with Crippen LogP contribution in [0.3, 0.4) is 0 Å². The first kappa shape index (κ1) is 17.3. The zero-order valence-corrected chi connectivity index (χ0v) is 16.2. The summed E-state index contributed by atoms with van der Waals surface area (Å²) in [4.78, 5) is 24.0. The number of nitro benzene ring substituents is 1. The summed E-state index contributed by atoms with van der Waals surface area (Å²) in [7, 11) is 1.62. The third-order valence-electron chi connectivity index (χ3n) is 4.57. The first-order chi connectivity index (χ1) is 14.0. The van der Waals surface area contributed by atoms with Gasteiger partial charge in [-0.05, 0) is 37.3 Å². The molecule has 3 heterocycles. The van der Waals surface area contributed by atoms with E-state index in [0.29, 0.717) is 22.6 Å². The average Bonchev–Trinajstić information content (AvgIpc) is 3.38. The molecule has 0 saturated carbocycles. The Balaban J connectivity index is 1.74. The van der Waals surface area contributed by atoms with Crippen molar-refractivity contribution in [2.24, 2.45) is 0 Å². The molecule has 3 aromatic heterocycles. The second-order valence-corrected chi connectivity index (χ2v) is 7.56. The number of nitrogens with one attached hydrogen (secondary N) is 1. The summed E-state index contributed by atoms with van der Waals surface area (Å²) in [5.41, 5.74) is 3.53. The first-order valence-corrected chi connectivity index (χ1v) is 9.50. The number of fused-ring (bicyclic) bond motifs is 2. The summed E-state index contributed by atoms with van der Waals surface area (Å²) in [5.74, 6) is 1.30. The third kappa shape index (κ3) is 2.81. The normalized spacial score (nSPS) is 11.4. The van der Waals surface area contributed by atoms with Gasteiger partial charge in [-0.2, -0.15) is 9.61 Å². The SMILES string of the molecule is COc1ccc(-c2nc3sc(C)nn3c2-c2nc3ccc([N+](=O)[O-])cc3[nH]2)cc1. The standard InChI is InChI=1S/C19H14N6O3S/c1-10-23-24-17(18-20-14-8-5-12(25(26)27)9-15(14)21-18)16(22-19(24)29-10)11-3-6-13(28-2)7-4-11/h3-9H,1-2H3,(H,20,21). The topological polar surface area (TPSA) is 111 Å². The fourth-order valence-electron chi connectivity index (χ4n) is 3.23. The van der Waals surface area contributed by atoms with E-state index < -0.39 is 4.92 Å². The number of aromatic amines is 1. The second-order valence-electron chi connectivity index (χ2n) is 6.40. The lowest BCUT2D eigenvalue weighted by Crippen LogP contribution is -1.93. The maximum atomic E-state index is 11.1. The Kier molecular flexibility index (Phi) is 3.81. The van der Waals surface area contributed by atoms with Crippen LogP contribution in [0.2, 0.25) is 0 Å². The Morgan fingerprint density at radius 3 is 2.69 bits per heavy atom. The molecule has 2 aromatic carbocycles. The van der Waals surface area contributed by atoms with Crippen molar-refractivity contribution in [3.05, 3.63) is 57.6 Å². The summed E-state index contributed by atoms with van der Waals surface area (Å²) in [6, 6.07) is 12.1. The highest BCUT2D eigenvalue weighted by atomic mass is 32.1. The van der Waals surface area contributed by atoms with E-state index in [1.54, 1.807) is 17.7 Å². The molecule has 0 aliphatic carbocycles. The van der Waals surface area contributed by atoms with Gasteiger partial charge in [-0.15, -0.1) is 0 Å². The molecule has 0 aliphatic rings. The number of nitro groups is 1. The van der Waals surface area contributed by atoms with Gasteiger partial charge in [-0.25, -0.2) is 9.97 Å². The van der Waals surface area contributed by atoms with Crippen LogP contribution >= 0.6 is 11.3 Å². The van der Waals surface area contributed by atoms with E-state index in [2.05, 4.69) is 15.1 Å². The predicted octanol–water partition coefficient (Wildman–Crippen LogP) is 4.23. The van der Waals surface area contributed by atoms with E-state index in [4.69, 9.17) is 9.72 Å².